The van der Waals surface area contributed by atoms with Gasteiger partial charge in [-0.3, -0.25) is 9.59 Å². The first kappa shape index (κ1) is 22.3. The van der Waals surface area contributed by atoms with Crippen LogP contribution in [0.2, 0.25) is 0 Å². The minimum Gasteiger partial charge on any atom is -0.347 e. The Hall–Kier alpha value is -3.52. The van der Waals surface area contributed by atoms with Gasteiger partial charge in [-0.15, -0.1) is 0 Å². The second-order valence-electron chi connectivity index (χ2n) is 8.89. The maximum Gasteiger partial charge on any atom is 0.229 e. The van der Waals surface area contributed by atoms with Crippen molar-refractivity contribution in [3.63, 3.8) is 0 Å². The van der Waals surface area contributed by atoms with E-state index in [9.17, 15) is 9.59 Å². The van der Waals surface area contributed by atoms with E-state index in [0.717, 1.165) is 46.2 Å². The molecular formula is C26H27N5O2S. The Labute approximate surface area is 202 Å². The lowest BCUT2D eigenvalue weighted by Gasteiger charge is -2.31. The van der Waals surface area contributed by atoms with Crippen LogP contribution in [0.15, 0.2) is 48.5 Å². The van der Waals surface area contributed by atoms with Crippen LogP contribution in [0.4, 0.5) is 10.8 Å². The molecule has 0 unspecified atom stereocenters. The third kappa shape index (κ3) is 4.33. The topological polar surface area (TPSA) is 80.1 Å². The first-order valence-electron chi connectivity index (χ1n) is 11.5. The number of nitrogens with zero attached hydrogens (tertiary/aromatic N) is 4. The molecule has 1 fully saturated rings. The van der Waals surface area contributed by atoms with E-state index in [0.29, 0.717) is 17.8 Å². The van der Waals surface area contributed by atoms with Gasteiger partial charge < -0.3 is 10.2 Å². The number of aromatic nitrogens is 3. The van der Waals surface area contributed by atoms with Crippen LogP contribution in [-0.2, 0) is 4.79 Å². The summed E-state index contributed by atoms with van der Waals surface area (Å²) in [6, 6.07) is 15.4. The van der Waals surface area contributed by atoms with Gasteiger partial charge in [-0.25, -0.2) is 4.68 Å². The van der Waals surface area contributed by atoms with E-state index in [1.54, 1.807) is 29.5 Å². The van der Waals surface area contributed by atoms with Crippen molar-refractivity contribution in [2.75, 3.05) is 23.3 Å². The maximum absolute atomic E-state index is 13.0. The summed E-state index contributed by atoms with van der Waals surface area (Å²) < 4.78 is 2.98. The van der Waals surface area contributed by atoms with Crippen molar-refractivity contribution in [1.82, 2.24) is 14.8 Å². The van der Waals surface area contributed by atoms with Crippen molar-refractivity contribution in [1.29, 1.82) is 0 Å². The number of hydrogen-bond donors (Lipinski definition) is 1. The summed E-state index contributed by atoms with van der Waals surface area (Å²) in [6.45, 7) is 7.09. The minimum atomic E-state index is -0.142. The standard InChI is InChI=1S/C26H27N5O2S/c1-16-9-11-22(12-10-16)31-24-23(17(2)29-31)34-26(28-24)30-13-5-7-20(15-30)25(33)27-21-8-4-6-19(14-21)18(3)32/h4,6,8-12,14,20H,5,7,13,15H2,1-3H3,(H,27,33)/t20-/m1/s1. The van der Waals surface area contributed by atoms with Crippen LogP contribution >= 0.6 is 11.3 Å². The molecule has 174 valence electrons. The van der Waals surface area contributed by atoms with Gasteiger partial charge in [-0.2, -0.15) is 10.1 Å². The van der Waals surface area contributed by atoms with Crippen LogP contribution in [0.5, 0.6) is 0 Å². The van der Waals surface area contributed by atoms with Gasteiger partial charge in [-0.1, -0.05) is 41.2 Å². The average Bonchev–Trinajstić information content (AvgIpc) is 3.40. The monoisotopic (exact) mass is 473 g/mol. The van der Waals surface area contributed by atoms with Crippen LogP contribution in [-0.4, -0.2) is 39.5 Å². The molecular weight excluding hydrogens is 446 g/mol. The molecule has 5 rings (SSSR count). The Balaban J connectivity index is 1.35. The second-order valence-corrected chi connectivity index (χ2v) is 9.87. The van der Waals surface area contributed by atoms with E-state index in [4.69, 9.17) is 10.1 Å². The van der Waals surface area contributed by atoms with E-state index in [-0.39, 0.29) is 17.6 Å². The fourth-order valence-electron chi connectivity index (χ4n) is 4.35. The molecule has 1 atom stereocenters. The van der Waals surface area contributed by atoms with Crippen LogP contribution in [0.25, 0.3) is 16.0 Å². The van der Waals surface area contributed by atoms with Gasteiger partial charge in [0.2, 0.25) is 5.91 Å². The summed E-state index contributed by atoms with van der Waals surface area (Å²) in [6.07, 6.45) is 1.75. The van der Waals surface area contributed by atoms with Crippen molar-refractivity contribution in [3.8, 4) is 5.69 Å². The van der Waals surface area contributed by atoms with Crippen LogP contribution in [0.1, 0.15) is 41.4 Å². The van der Waals surface area contributed by atoms with Crippen molar-refractivity contribution in [3.05, 3.63) is 65.4 Å². The molecule has 4 aromatic rings. The lowest BCUT2D eigenvalue weighted by atomic mass is 9.97. The van der Waals surface area contributed by atoms with Crippen LogP contribution < -0.4 is 10.2 Å². The minimum absolute atomic E-state index is 0.0183. The molecule has 1 amide bonds. The summed E-state index contributed by atoms with van der Waals surface area (Å²) in [4.78, 5) is 31.8. The molecule has 0 aliphatic carbocycles. The van der Waals surface area contributed by atoms with Crippen molar-refractivity contribution >= 4 is 44.2 Å². The number of nitrogens with one attached hydrogen (secondary N) is 1. The largest absolute Gasteiger partial charge is 0.347 e. The predicted octanol–water partition coefficient (Wildman–Crippen LogP) is 5.16. The SMILES string of the molecule is CC(=O)c1cccc(NC(=O)[C@@H]2CCCN(c3nc4c(s3)c(C)nn4-c3ccc(C)cc3)C2)c1. The molecule has 7 nitrogen and oxygen atoms in total. The molecule has 2 aromatic carbocycles. The highest BCUT2D eigenvalue weighted by atomic mass is 32.1. The summed E-state index contributed by atoms with van der Waals surface area (Å²) >= 11 is 1.63. The number of aryl methyl sites for hydroxylation is 2. The Morgan fingerprint density at radius 2 is 1.91 bits per heavy atom. The fourth-order valence-corrected chi connectivity index (χ4v) is 5.37. The second kappa shape index (κ2) is 9.02. The molecule has 0 radical (unpaired) electrons. The summed E-state index contributed by atoms with van der Waals surface area (Å²) in [5, 5.41) is 8.62. The zero-order valence-electron chi connectivity index (χ0n) is 19.5. The van der Waals surface area contributed by atoms with Crippen LogP contribution in [0, 0.1) is 19.8 Å². The number of anilines is 2. The number of amides is 1. The van der Waals surface area contributed by atoms with Crippen molar-refractivity contribution in [2.45, 2.75) is 33.6 Å². The van der Waals surface area contributed by atoms with Gasteiger partial charge in [-0.05, 0) is 57.9 Å². The highest BCUT2D eigenvalue weighted by molar-refractivity contribution is 7.22. The Bertz CT molecular complexity index is 1370. The van der Waals surface area contributed by atoms with Gasteiger partial charge in [0.05, 0.1) is 22.0 Å². The molecule has 0 bridgehead atoms. The Morgan fingerprint density at radius 3 is 2.68 bits per heavy atom. The third-order valence-corrected chi connectivity index (χ3v) is 7.47. The number of piperidine rings is 1. The van der Waals surface area contributed by atoms with E-state index < -0.39 is 0 Å². The molecule has 1 aliphatic rings. The first-order valence-corrected chi connectivity index (χ1v) is 12.3. The first-order chi connectivity index (χ1) is 16.4. The van der Waals surface area contributed by atoms with Crippen LogP contribution in [0.3, 0.4) is 0 Å². The third-order valence-electron chi connectivity index (χ3n) is 6.26. The molecule has 0 spiro atoms. The Kier molecular flexibility index (Phi) is 5.91. The average molecular weight is 474 g/mol. The van der Waals surface area contributed by atoms with E-state index in [2.05, 4.69) is 41.4 Å². The van der Waals surface area contributed by atoms with Gasteiger partial charge in [0.25, 0.3) is 0 Å². The van der Waals surface area contributed by atoms with Gasteiger partial charge in [0.15, 0.2) is 16.6 Å². The quantitative estimate of drug-likeness (QED) is 0.405. The highest BCUT2D eigenvalue weighted by Crippen LogP contribution is 2.34. The number of Topliss-reactive ketones (excluding diaryl/α,β-unsaturated/α-hetero) is 1. The number of benzene rings is 2. The molecule has 2 aromatic heterocycles. The summed E-state index contributed by atoms with van der Waals surface area (Å²) in [5.41, 5.74) is 5.25. The van der Waals surface area contributed by atoms with Gasteiger partial charge in [0, 0.05) is 24.3 Å². The van der Waals surface area contributed by atoms with E-state index in [1.165, 1.54) is 12.5 Å². The lowest BCUT2D eigenvalue weighted by Crippen LogP contribution is -2.40. The molecule has 0 saturated carbocycles. The number of fused-ring (bicyclic) bond motifs is 1. The Morgan fingerprint density at radius 1 is 1.12 bits per heavy atom. The number of ketones is 1. The number of carbonyl (C=O) groups is 2. The zero-order chi connectivity index (χ0) is 23.8. The molecule has 1 N–H and O–H groups in total. The van der Waals surface area contributed by atoms with Gasteiger partial charge >= 0.3 is 0 Å². The number of carbonyl (C=O) groups excluding carboxylic acids is 2. The predicted molar refractivity (Wildman–Crippen MR) is 136 cm³/mol. The smallest absolute Gasteiger partial charge is 0.229 e. The number of thiazole rings is 1. The lowest BCUT2D eigenvalue weighted by molar-refractivity contribution is -0.120. The van der Waals surface area contributed by atoms with Crippen molar-refractivity contribution < 1.29 is 9.59 Å². The molecule has 34 heavy (non-hydrogen) atoms. The fraction of sp³-hybridized carbons (Fsp3) is 0.308. The molecule has 1 aliphatic heterocycles. The molecule has 8 heteroatoms. The van der Waals surface area contributed by atoms with E-state index >= 15 is 0 Å². The number of rotatable bonds is 5. The molecule has 1 saturated heterocycles. The summed E-state index contributed by atoms with van der Waals surface area (Å²) in [7, 11) is 0. The van der Waals surface area contributed by atoms with E-state index in [1.807, 2.05) is 17.7 Å². The highest BCUT2D eigenvalue weighted by Gasteiger charge is 2.28. The van der Waals surface area contributed by atoms with Gasteiger partial charge in [0.1, 0.15) is 0 Å². The normalized spacial score (nSPS) is 16.1. The zero-order valence-corrected chi connectivity index (χ0v) is 20.4. The summed E-state index contributed by atoms with van der Waals surface area (Å²) in [5.74, 6) is -0.180. The van der Waals surface area contributed by atoms with Crippen molar-refractivity contribution in [2.24, 2.45) is 5.92 Å². The molecule has 3 heterocycles. The maximum atomic E-state index is 13.0. The number of hydrogen-bond acceptors (Lipinski definition) is 6.